The van der Waals surface area contributed by atoms with Crippen LogP contribution in [-0.2, 0) is 6.54 Å². The summed E-state index contributed by atoms with van der Waals surface area (Å²) >= 11 is 5.97. The number of aryl methyl sites for hydroxylation is 1. The van der Waals surface area contributed by atoms with Crippen LogP contribution in [0.25, 0.3) is 0 Å². The molecule has 0 aliphatic carbocycles. The van der Waals surface area contributed by atoms with Crippen molar-refractivity contribution in [2.75, 3.05) is 20.1 Å². The molecule has 0 aromatic carbocycles. The predicted octanol–water partition coefficient (Wildman–Crippen LogP) is 1.96. The summed E-state index contributed by atoms with van der Waals surface area (Å²) in [5.41, 5.74) is 0.931. The van der Waals surface area contributed by atoms with Crippen molar-refractivity contribution in [1.82, 2.24) is 19.8 Å². The third-order valence-corrected chi connectivity index (χ3v) is 3.86. The maximum absolute atomic E-state index is 5.97. The highest BCUT2D eigenvalue weighted by atomic mass is 35.5. The monoisotopic (exact) mass is 268 g/mol. The van der Waals surface area contributed by atoms with Gasteiger partial charge in [-0.2, -0.15) is 0 Å². The summed E-state index contributed by atoms with van der Waals surface area (Å²) in [7, 11) is 2.19. The van der Waals surface area contributed by atoms with Gasteiger partial charge >= 0.3 is 0 Å². The summed E-state index contributed by atoms with van der Waals surface area (Å²) in [6.07, 6.45) is 0. The zero-order valence-electron chi connectivity index (χ0n) is 11.5. The van der Waals surface area contributed by atoms with Crippen molar-refractivity contribution in [3.8, 4) is 0 Å². The Morgan fingerprint density at radius 2 is 1.89 bits per heavy atom. The van der Waals surface area contributed by atoms with Gasteiger partial charge in [0.05, 0.1) is 6.54 Å². The van der Waals surface area contributed by atoms with Crippen molar-refractivity contribution < 1.29 is 0 Å². The minimum Gasteiger partial charge on any atom is -0.298 e. The number of hydrogen-bond acceptors (Lipinski definition) is 4. The third kappa shape index (κ3) is 3.19. The minimum atomic E-state index is 0.535. The van der Waals surface area contributed by atoms with Crippen LogP contribution in [0.2, 0.25) is 5.15 Å². The van der Waals surface area contributed by atoms with E-state index in [-0.39, 0.29) is 0 Å². The van der Waals surface area contributed by atoms with Gasteiger partial charge in [0.25, 0.3) is 0 Å². The average molecular weight is 269 g/mol. The van der Waals surface area contributed by atoms with Crippen LogP contribution in [0.1, 0.15) is 25.4 Å². The molecule has 0 N–H and O–H groups in total. The zero-order valence-corrected chi connectivity index (χ0v) is 12.3. The van der Waals surface area contributed by atoms with E-state index >= 15 is 0 Å². The summed E-state index contributed by atoms with van der Waals surface area (Å²) in [4.78, 5) is 13.6. The Morgan fingerprint density at radius 1 is 1.28 bits per heavy atom. The van der Waals surface area contributed by atoms with E-state index in [1.807, 2.05) is 6.92 Å². The van der Waals surface area contributed by atoms with Crippen LogP contribution in [0.15, 0.2) is 6.07 Å². The molecule has 1 aliphatic rings. The van der Waals surface area contributed by atoms with Gasteiger partial charge in [0.15, 0.2) is 0 Å². The van der Waals surface area contributed by atoms with Gasteiger partial charge in [-0.15, -0.1) is 0 Å². The molecule has 0 bridgehead atoms. The van der Waals surface area contributed by atoms with Crippen LogP contribution < -0.4 is 0 Å². The highest BCUT2D eigenvalue weighted by molar-refractivity contribution is 6.29. The normalized spacial score (nSPS) is 26.5. The van der Waals surface area contributed by atoms with Gasteiger partial charge in [0.1, 0.15) is 11.0 Å². The molecule has 18 heavy (non-hydrogen) atoms. The lowest BCUT2D eigenvalue weighted by molar-refractivity contribution is 0.0541. The molecule has 0 radical (unpaired) electrons. The van der Waals surface area contributed by atoms with Gasteiger partial charge in [-0.05, 0) is 33.9 Å². The van der Waals surface area contributed by atoms with Crippen LogP contribution >= 0.6 is 11.6 Å². The molecule has 2 rings (SSSR count). The summed E-state index contributed by atoms with van der Waals surface area (Å²) in [6.45, 7) is 9.35. The molecule has 1 aliphatic heterocycles. The molecule has 2 atom stereocenters. The number of likely N-dealkylation sites (N-methyl/N-ethyl adjacent to an activating group) is 1. The van der Waals surface area contributed by atoms with Gasteiger partial charge < -0.3 is 0 Å². The minimum absolute atomic E-state index is 0.535. The highest BCUT2D eigenvalue weighted by Gasteiger charge is 2.26. The summed E-state index contributed by atoms with van der Waals surface area (Å²) in [6, 6.07) is 2.92. The molecule has 1 aromatic rings. The maximum atomic E-state index is 5.97. The standard InChI is InChI=1S/C13H21ClN4/c1-9-5-12(14)16-13(15-9)8-18-6-10(2)17(4)11(3)7-18/h5,10-11H,6-8H2,1-4H3. The van der Waals surface area contributed by atoms with E-state index in [1.165, 1.54) is 0 Å². The lowest BCUT2D eigenvalue weighted by Crippen LogP contribution is -2.54. The molecule has 2 unspecified atom stereocenters. The van der Waals surface area contributed by atoms with Gasteiger partial charge in [-0.3, -0.25) is 9.80 Å². The SMILES string of the molecule is Cc1cc(Cl)nc(CN2CC(C)N(C)C(C)C2)n1. The van der Waals surface area contributed by atoms with Crippen molar-refractivity contribution in [2.24, 2.45) is 0 Å². The maximum Gasteiger partial charge on any atom is 0.144 e. The van der Waals surface area contributed by atoms with Crippen molar-refractivity contribution in [1.29, 1.82) is 0 Å². The van der Waals surface area contributed by atoms with Gasteiger partial charge in [-0.1, -0.05) is 11.6 Å². The van der Waals surface area contributed by atoms with Crippen LogP contribution in [0, 0.1) is 6.92 Å². The summed E-state index contributed by atoms with van der Waals surface area (Å²) < 4.78 is 0. The molecule has 100 valence electrons. The molecule has 1 fully saturated rings. The first kappa shape index (κ1) is 13.7. The Kier molecular flexibility index (Phi) is 4.20. The van der Waals surface area contributed by atoms with Gasteiger partial charge in [-0.25, -0.2) is 9.97 Å². The molecule has 0 spiro atoms. The first-order valence-corrected chi connectivity index (χ1v) is 6.78. The largest absolute Gasteiger partial charge is 0.298 e. The predicted molar refractivity (Wildman–Crippen MR) is 73.7 cm³/mol. The third-order valence-electron chi connectivity index (χ3n) is 3.67. The average Bonchev–Trinajstić information content (AvgIpc) is 2.24. The lowest BCUT2D eigenvalue weighted by atomic mass is 10.1. The van der Waals surface area contributed by atoms with Crippen LogP contribution in [0.5, 0.6) is 0 Å². The molecule has 0 saturated carbocycles. The zero-order chi connectivity index (χ0) is 13.3. The smallest absolute Gasteiger partial charge is 0.144 e. The quantitative estimate of drug-likeness (QED) is 0.768. The molecule has 0 amide bonds. The van der Waals surface area contributed by atoms with Gasteiger partial charge in [0, 0.05) is 30.9 Å². The van der Waals surface area contributed by atoms with Crippen molar-refractivity contribution in [3.05, 3.63) is 22.7 Å². The summed E-state index contributed by atoms with van der Waals surface area (Å²) in [5, 5.41) is 0.535. The second-order valence-electron chi connectivity index (χ2n) is 5.31. The van der Waals surface area contributed by atoms with E-state index in [9.17, 15) is 0 Å². The number of halogens is 1. The van der Waals surface area contributed by atoms with E-state index in [0.29, 0.717) is 17.2 Å². The molecule has 2 heterocycles. The van der Waals surface area contributed by atoms with E-state index in [2.05, 4.69) is 40.7 Å². The van der Waals surface area contributed by atoms with Crippen molar-refractivity contribution in [2.45, 2.75) is 39.4 Å². The van der Waals surface area contributed by atoms with Crippen molar-refractivity contribution >= 4 is 11.6 Å². The van der Waals surface area contributed by atoms with E-state index in [1.54, 1.807) is 6.07 Å². The summed E-state index contributed by atoms with van der Waals surface area (Å²) in [5.74, 6) is 0.823. The van der Waals surface area contributed by atoms with Crippen LogP contribution in [0.3, 0.4) is 0 Å². The Bertz CT molecular complexity index is 391. The number of rotatable bonds is 2. The van der Waals surface area contributed by atoms with E-state index in [4.69, 9.17) is 11.6 Å². The molecular weight excluding hydrogens is 248 g/mol. The first-order chi connectivity index (χ1) is 8.45. The second kappa shape index (κ2) is 5.51. The Hall–Kier alpha value is -0.710. The Balaban J connectivity index is 2.05. The Labute approximate surface area is 114 Å². The van der Waals surface area contributed by atoms with E-state index in [0.717, 1.165) is 31.2 Å². The van der Waals surface area contributed by atoms with E-state index < -0.39 is 0 Å². The molecule has 1 aromatic heterocycles. The lowest BCUT2D eigenvalue weighted by Gasteiger charge is -2.42. The topological polar surface area (TPSA) is 32.3 Å². The fourth-order valence-electron chi connectivity index (χ4n) is 2.50. The second-order valence-corrected chi connectivity index (χ2v) is 5.69. The fourth-order valence-corrected chi connectivity index (χ4v) is 2.76. The fraction of sp³-hybridized carbons (Fsp3) is 0.692. The van der Waals surface area contributed by atoms with Gasteiger partial charge in [0.2, 0.25) is 0 Å². The first-order valence-electron chi connectivity index (χ1n) is 6.40. The molecular formula is C13H21ClN4. The number of aromatic nitrogens is 2. The van der Waals surface area contributed by atoms with Crippen LogP contribution in [-0.4, -0.2) is 52.0 Å². The molecule has 4 nitrogen and oxygen atoms in total. The van der Waals surface area contributed by atoms with Crippen LogP contribution in [0.4, 0.5) is 0 Å². The van der Waals surface area contributed by atoms with Crippen molar-refractivity contribution in [3.63, 3.8) is 0 Å². The Morgan fingerprint density at radius 3 is 2.44 bits per heavy atom. The highest BCUT2D eigenvalue weighted by Crippen LogP contribution is 2.15. The molecule has 1 saturated heterocycles. The number of nitrogens with zero attached hydrogens (tertiary/aromatic N) is 4. The number of piperazine rings is 1. The number of hydrogen-bond donors (Lipinski definition) is 0. The molecule has 5 heteroatoms.